The number of nitrogens with zero attached hydrogens (tertiary/aromatic N) is 1. The zero-order valence-electron chi connectivity index (χ0n) is 14.4. The van der Waals surface area contributed by atoms with Crippen LogP contribution in [0.4, 0.5) is 0 Å². The first-order valence-electron chi connectivity index (χ1n) is 8.06. The van der Waals surface area contributed by atoms with Crippen LogP contribution in [0.3, 0.4) is 0 Å². The topological polar surface area (TPSA) is 79.2 Å². The van der Waals surface area contributed by atoms with Crippen molar-refractivity contribution < 1.29 is 13.2 Å². The lowest BCUT2D eigenvalue weighted by molar-refractivity contribution is 0.414. The molecule has 6 heteroatoms. The Balaban J connectivity index is 1.90. The van der Waals surface area contributed by atoms with Gasteiger partial charge in [-0.3, -0.25) is 0 Å². The molecule has 0 heterocycles. The summed E-state index contributed by atoms with van der Waals surface area (Å²) in [7, 11) is -1.93. The molecule has 0 aliphatic heterocycles. The van der Waals surface area contributed by atoms with Crippen molar-refractivity contribution in [2.24, 2.45) is 0 Å². The third-order valence-electron chi connectivity index (χ3n) is 3.94. The van der Waals surface area contributed by atoms with Gasteiger partial charge in [-0.15, -0.1) is 0 Å². The molecular formula is C19H22N2O3S. The van der Waals surface area contributed by atoms with E-state index in [2.05, 4.69) is 10.8 Å². The molecule has 2 aromatic carbocycles. The maximum atomic E-state index is 12.2. The zero-order chi connectivity index (χ0) is 18.3. The fourth-order valence-electron chi connectivity index (χ4n) is 2.48. The van der Waals surface area contributed by atoms with Gasteiger partial charge in [0.05, 0.1) is 24.0 Å². The van der Waals surface area contributed by atoms with Gasteiger partial charge in [0.2, 0.25) is 10.0 Å². The molecule has 2 rings (SSSR count). The third-order valence-corrected chi connectivity index (χ3v) is 5.42. The summed E-state index contributed by atoms with van der Waals surface area (Å²) in [5.41, 5.74) is 1.89. The van der Waals surface area contributed by atoms with Gasteiger partial charge < -0.3 is 4.74 Å². The maximum Gasteiger partial charge on any atom is 0.240 e. The van der Waals surface area contributed by atoms with Gasteiger partial charge in [-0.25, -0.2) is 13.1 Å². The lowest BCUT2D eigenvalue weighted by Gasteiger charge is -2.11. The number of ether oxygens (including phenoxy) is 1. The Labute approximate surface area is 149 Å². The standard InChI is InChI=1S/C19H22N2O3S/c1-15-8-10-19(11-9-15)25(22,23)21-12-4-6-17(14-20)16-5-3-7-18(13-16)24-2/h3,5,7-11,13,17,21H,4,6,12H2,1-2H3/t17-/m0/s1. The molecule has 0 aromatic heterocycles. The Morgan fingerprint density at radius 1 is 1.20 bits per heavy atom. The van der Waals surface area contributed by atoms with Crippen molar-refractivity contribution in [2.45, 2.75) is 30.6 Å². The van der Waals surface area contributed by atoms with Gasteiger partial charge in [0.1, 0.15) is 5.75 Å². The Morgan fingerprint density at radius 3 is 2.56 bits per heavy atom. The van der Waals surface area contributed by atoms with Crippen LogP contribution in [-0.4, -0.2) is 22.1 Å². The average molecular weight is 358 g/mol. The number of nitrogens with one attached hydrogen (secondary N) is 1. The molecule has 5 nitrogen and oxygen atoms in total. The van der Waals surface area contributed by atoms with Crippen molar-refractivity contribution in [3.05, 3.63) is 59.7 Å². The SMILES string of the molecule is COc1cccc([C@H](C#N)CCCNS(=O)(=O)c2ccc(C)cc2)c1. The summed E-state index contributed by atoms with van der Waals surface area (Å²) < 4.78 is 32.2. The second-order valence-corrected chi connectivity index (χ2v) is 7.58. The maximum absolute atomic E-state index is 12.2. The number of sulfonamides is 1. The van der Waals surface area contributed by atoms with Gasteiger partial charge in [0.25, 0.3) is 0 Å². The molecular weight excluding hydrogens is 336 g/mol. The summed E-state index contributed by atoms with van der Waals surface area (Å²) in [4.78, 5) is 0.253. The van der Waals surface area contributed by atoms with Crippen molar-refractivity contribution in [3.8, 4) is 11.8 Å². The first-order chi connectivity index (χ1) is 12.0. The zero-order valence-corrected chi connectivity index (χ0v) is 15.2. The summed E-state index contributed by atoms with van der Waals surface area (Å²) in [5, 5.41) is 9.38. The van der Waals surface area contributed by atoms with Gasteiger partial charge in [0, 0.05) is 6.54 Å². The quantitative estimate of drug-likeness (QED) is 0.734. The van der Waals surface area contributed by atoms with Crippen molar-refractivity contribution >= 4 is 10.0 Å². The predicted molar refractivity (Wildman–Crippen MR) is 96.9 cm³/mol. The van der Waals surface area contributed by atoms with E-state index in [1.807, 2.05) is 31.2 Å². The normalized spacial score (nSPS) is 12.4. The van der Waals surface area contributed by atoms with Crippen LogP contribution >= 0.6 is 0 Å². The highest BCUT2D eigenvalue weighted by Gasteiger charge is 2.15. The lowest BCUT2D eigenvalue weighted by atomic mass is 9.95. The Hall–Kier alpha value is -2.36. The van der Waals surface area contributed by atoms with E-state index in [1.165, 1.54) is 0 Å². The van der Waals surface area contributed by atoms with E-state index in [1.54, 1.807) is 31.4 Å². The highest BCUT2D eigenvalue weighted by Crippen LogP contribution is 2.24. The second kappa shape index (κ2) is 8.65. The van der Waals surface area contributed by atoms with Crippen LogP contribution in [0.15, 0.2) is 53.4 Å². The molecule has 0 aliphatic rings. The number of benzene rings is 2. The molecule has 0 spiro atoms. The average Bonchev–Trinajstić information content (AvgIpc) is 2.62. The fraction of sp³-hybridized carbons (Fsp3) is 0.316. The number of hydrogen-bond acceptors (Lipinski definition) is 4. The van der Waals surface area contributed by atoms with Gasteiger partial charge >= 0.3 is 0 Å². The number of aryl methyl sites for hydroxylation is 1. The summed E-state index contributed by atoms with van der Waals surface area (Å²) in [6.07, 6.45) is 1.14. The van der Waals surface area contributed by atoms with Gasteiger partial charge in [-0.1, -0.05) is 29.8 Å². The number of rotatable bonds is 8. The largest absolute Gasteiger partial charge is 0.497 e. The van der Waals surface area contributed by atoms with Crippen LogP contribution in [0.5, 0.6) is 5.75 Å². The highest BCUT2D eigenvalue weighted by molar-refractivity contribution is 7.89. The van der Waals surface area contributed by atoms with Crippen LogP contribution < -0.4 is 9.46 Å². The minimum atomic E-state index is -3.51. The highest BCUT2D eigenvalue weighted by atomic mass is 32.2. The van der Waals surface area contributed by atoms with Crippen molar-refractivity contribution in [3.63, 3.8) is 0 Å². The Bertz CT molecular complexity index is 840. The van der Waals surface area contributed by atoms with E-state index in [9.17, 15) is 13.7 Å². The molecule has 0 saturated carbocycles. The van der Waals surface area contributed by atoms with Crippen LogP contribution in [0.2, 0.25) is 0 Å². The summed E-state index contributed by atoms with van der Waals surface area (Å²) in [6.45, 7) is 2.20. The van der Waals surface area contributed by atoms with E-state index in [4.69, 9.17) is 4.74 Å². The molecule has 0 unspecified atom stereocenters. The molecule has 0 radical (unpaired) electrons. The molecule has 25 heavy (non-hydrogen) atoms. The summed E-state index contributed by atoms with van der Waals surface area (Å²) in [5.74, 6) is 0.414. The van der Waals surface area contributed by atoms with Gasteiger partial charge in [-0.05, 0) is 49.6 Å². The number of hydrogen-bond donors (Lipinski definition) is 1. The van der Waals surface area contributed by atoms with Crippen molar-refractivity contribution in [1.29, 1.82) is 5.26 Å². The molecule has 0 bridgehead atoms. The van der Waals surface area contributed by atoms with Crippen molar-refractivity contribution in [1.82, 2.24) is 4.72 Å². The Morgan fingerprint density at radius 2 is 1.92 bits per heavy atom. The van der Waals surface area contributed by atoms with E-state index in [0.29, 0.717) is 25.1 Å². The Kier molecular flexibility index (Phi) is 6.57. The summed E-state index contributed by atoms with van der Waals surface area (Å²) >= 11 is 0. The van der Waals surface area contributed by atoms with Crippen LogP contribution in [0.25, 0.3) is 0 Å². The smallest absolute Gasteiger partial charge is 0.240 e. The number of methoxy groups -OCH3 is 1. The fourth-order valence-corrected chi connectivity index (χ4v) is 3.55. The molecule has 132 valence electrons. The first kappa shape index (κ1) is 19.0. The molecule has 0 fully saturated rings. The van der Waals surface area contributed by atoms with Crippen molar-refractivity contribution in [2.75, 3.05) is 13.7 Å². The lowest BCUT2D eigenvalue weighted by Crippen LogP contribution is -2.25. The first-order valence-corrected chi connectivity index (χ1v) is 9.54. The minimum absolute atomic E-state index is 0.253. The predicted octanol–water partition coefficient (Wildman–Crippen LogP) is 3.37. The van der Waals surface area contributed by atoms with E-state index in [0.717, 1.165) is 11.1 Å². The van der Waals surface area contributed by atoms with Gasteiger partial charge in [-0.2, -0.15) is 5.26 Å². The molecule has 1 N–H and O–H groups in total. The van der Waals surface area contributed by atoms with E-state index < -0.39 is 10.0 Å². The van der Waals surface area contributed by atoms with E-state index in [-0.39, 0.29) is 10.8 Å². The van der Waals surface area contributed by atoms with Crippen LogP contribution in [-0.2, 0) is 10.0 Å². The van der Waals surface area contributed by atoms with Gasteiger partial charge in [0.15, 0.2) is 0 Å². The molecule has 1 atom stereocenters. The minimum Gasteiger partial charge on any atom is -0.497 e. The molecule has 2 aromatic rings. The second-order valence-electron chi connectivity index (χ2n) is 5.81. The molecule has 0 aliphatic carbocycles. The van der Waals surface area contributed by atoms with E-state index >= 15 is 0 Å². The third kappa shape index (κ3) is 5.31. The monoisotopic (exact) mass is 358 g/mol. The van der Waals surface area contributed by atoms with Crippen LogP contribution in [0, 0.1) is 18.3 Å². The van der Waals surface area contributed by atoms with Crippen LogP contribution in [0.1, 0.15) is 29.9 Å². The number of nitriles is 1. The molecule has 0 amide bonds. The summed E-state index contributed by atoms with van der Waals surface area (Å²) in [6, 6.07) is 16.4. The molecule has 0 saturated heterocycles.